The van der Waals surface area contributed by atoms with Crippen molar-refractivity contribution >= 4 is 0 Å². The highest BCUT2D eigenvalue weighted by Crippen LogP contribution is 2.35. The molecule has 17 heavy (non-hydrogen) atoms. The normalized spacial score (nSPS) is 34.4. The highest BCUT2D eigenvalue weighted by atomic mass is 15.2. The highest BCUT2D eigenvalue weighted by Gasteiger charge is 2.31. The van der Waals surface area contributed by atoms with E-state index in [2.05, 4.69) is 37.9 Å². The molecule has 2 atom stereocenters. The van der Waals surface area contributed by atoms with Gasteiger partial charge in [-0.05, 0) is 51.5 Å². The molecule has 100 valence electrons. The Bertz CT molecular complexity index is 247. The third-order valence-corrected chi connectivity index (χ3v) is 4.63. The van der Waals surface area contributed by atoms with Gasteiger partial charge in [-0.2, -0.15) is 0 Å². The molecule has 2 nitrogen and oxygen atoms in total. The van der Waals surface area contributed by atoms with Crippen LogP contribution in [0.15, 0.2) is 0 Å². The third kappa shape index (κ3) is 3.69. The minimum atomic E-state index is 0.562. The minimum absolute atomic E-state index is 0.562. The van der Waals surface area contributed by atoms with Crippen molar-refractivity contribution in [3.8, 4) is 0 Å². The average Bonchev–Trinajstić information content (AvgIpc) is 2.64. The first-order valence-corrected chi connectivity index (χ1v) is 7.46. The molecular formula is C15H30N2. The van der Waals surface area contributed by atoms with E-state index < -0.39 is 0 Å². The van der Waals surface area contributed by atoms with Crippen molar-refractivity contribution in [2.75, 3.05) is 13.1 Å². The average molecular weight is 238 g/mol. The molecule has 0 aromatic rings. The Morgan fingerprint density at radius 3 is 2.53 bits per heavy atom. The van der Waals surface area contributed by atoms with Gasteiger partial charge in [0.05, 0.1) is 0 Å². The maximum absolute atomic E-state index is 3.92. The lowest BCUT2D eigenvalue weighted by Gasteiger charge is -2.37. The van der Waals surface area contributed by atoms with Gasteiger partial charge in [-0.25, -0.2) is 0 Å². The largest absolute Gasteiger partial charge is 0.310 e. The number of hydrogen-bond acceptors (Lipinski definition) is 2. The number of likely N-dealkylation sites (tertiary alicyclic amines) is 1. The molecular weight excluding hydrogens is 208 g/mol. The summed E-state index contributed by atoms with van der Waals surface area (Å²) in [6.45, 7) is 12.0. The molecule has 2 aliphatic rings. The van der Waals surface area contributed by atoms with Crippen LogP contribution in [-0.4, -0.2) is 36.1 Å². The van der Waals surface area contributed by atoms with Crippen LogP contribution in [0.3, 0.4) is 0 Å². The highest BCUT2D eigenvalue weighted by molar-refractivity contribution is 4.89. The molecule has 0 aromatic heterocycles. The van der Waals surface area contributed by atoms with Gasteiger partial charge in [0.25, 0.3) is 0 Å². The molecule has 1 N–H and O–H groups in total. The number of hydrogen-bond donors (Lipinski definition) is 1. The van der Waals surface area contributed by atoms with Crippen molar-refractivity contribution in [3.05, 3.63) is 0 Å². The fourth-order valence-electron chi connectivity index (χ4n) is 3.57. The lowest BCUT2D eigenvalue weighted by molar-refractivity contribution is 0.186. The van der Waals surface area contributed by atoms with Gasteiger partial charge in [0.2, 0.25) is 0 Å². The molecule has 1 aliphatic carbocycles. The summed E-state index contributed by atoms with van der Waals surface area (Å²) in [5, 5.41) is 3.92. The Morgan fingerprint density at radius 2 is 1.94 bits per heavy atom. The van der Waals surface area contributed by atoms with Crippen molar-refractivity contribution in [2.45, 2.75) is 77.9 Å². The summed E-state index contributed by atoms with van der Waals surface area (Å²) in [7, 11) is 0. The predicted molar refractivity (Wildman–Crippen MR) is 74.3 cm³/mol. The maximum Gasteiger partial charge on any atom is 0.0209 e. The van der Waals surface area contributed by atoms with Crippen molar-refractivity contribution in [1.29, 1.82) is 0 Å². The first-order chi connectivity index (χ1) is 7.96. The van der Waals surface area contributed by atoms with Crippen LogP contribution < -0.4 is 5.32 Å². The van der Waals surface area contributed by atoms with E-state index in [4.69, 9.17) is 0 Å². The van der Waals surface area contributed by atoms with E-state index in [1.807, 2.05) is 0 Å². The quantitative estimate of drug-likeness (QED) is 0.813. The first-order valence-electron chi connectivity index (χ1n) is 7.46. The van der Waals surface area contributed by atoms with Gasteiger partial charge in [-0.15, -0.1) is 0 Å². The van der Waals surface area contributed by atoms with Crippen molar-refractivity contribution < 1.29 is 0 Å². The second kappa shape index (κ2) is 5.27. The van der Waals surface area contributed by atoms with Crippen LogP contribution >= 0.6 is 0 Å². The van der Waals surface area contributed by atoms with Crippen LogP contribution in [0.25, 0.3) is 0 Å². The van der Waals surface area contributed by atoms with Gasteiger partial charge < -0.3 is 5.32 Å². The van der Waals surface area contributed by atoms with E-state index in [0.29, 0.717) is 11.5 Å². The van der Waals surface area contributed by atoms with Crippen LogP contribution in [0.5, 0.6) is 0 Å². The smallest absolute Gasteiger partial charge is 0.0209 e. The first kappa shape index (κ1) is 13.4. The molecule has 0 spiro atoms. The predicted octanol–water partition coefficient (Wildman–Crippen LogP) is 3.03. The molecule has 0 bridgehead atoms. The Labute approximate surface area is 107 Å². The van der Waals surface area contributed by atoms with Crippen LogP contribution in [0, 0.1) is 5.41 Å². The lowest BCUT2D eigenvalue weighted by atomic mass is 9.75. The fraction of sp³-hybridized carbons (Fsp3) is 1.00. The SMILES string of the molecule is CC(C)N1CCC(NC2CCCC(C)(C)C2)C1. The molecule has 0 aromatic carbocycles. The van der Waals surface area contributed by atoms with E-state index in [-0.39, 0.29) is 0 Å². The minimum Gasteiger partial charge on any atom is -0.310 e. The van der Waals surface area contributed by atoms with Crippen LogP contribution in [0.2, 0.25) is 0 Å². The summed E-state index contributed by atoms with van der Waals surface area (Å²) in [6, 6.07) is 2.23. The van der Waals surface area contributed by atoms with Gasteiger partial charge >= 0.3 is 0 Å². The van der Waals surface area contributed by atoms with Crippen molar-refractivity contribution in [2.24, 2.45) is 5.41 Å². The Hall–Kier alpha value is -0.0800. The zero-order valence-corrected chi connectivity index (χ0v) is 12.1. The van der Waals surface area contributed by atoms with Gasteiger partial charge in [-0.3, -0.25) is 4.90 Å². The maximum atomic E-state index is 3.92. The van der Waals surface area contributed by atoms with Crippen molar-refractivity contribution in [3.63, 3.8) is 0 Å². The lowest BCUT2D eigenvalue weighted by Crippen LogP contribution is -2.44. The van der Waals surface area contributed by atoms with Crippen LogP contribution in [0.4, 0.5) is 0 Å². The monoisotopic (exact) mass is 238 g/mol. The molecule has 2 unspecified atom stereocenters. The zero-order valence-electron chi connectivity index (χ0n) is 12.1. The van der Waals surface area contributed by atoms with Gasteiger partial charge in [0.15, 0.2) is 0 Å². The van der Waals surface area contributed by atoms with E-state index >= 15 is 0 Å². The number of nitrogens with one attached hydrogen (secondary N) is 1. The summed E-state index contributed by atoms with van der Waals surface area (Å²) in [4.78, 5) is 2.60. The second-order valence-electron chi connectivity index (χ2n) is 7.20. The van der Waals surface area contributed by atoms with Gasteiger partial charge in [0.1, 0.15) is 0 Å². The van der Waals surface area contributed by atoms with Gasteiger partial charge in [0, 0.05) is 24.7 Å². The molecule has 1 heterocycles. The van der Waals surface area contributed by atoms with E-state index in [0.717, 1.165) is 12.1 Å². The van der Waals surface area contributed by atoms with Crippen LogP contribution in [-0.2, 0) is 0 Å². The summed E-state index contributed by atoms with van der Waals surface area (Å²) in [5.74, 6) is 0. The Balaban J connectivity index is 1.78. The third-order valence-electron chi connectivity index (χ3n) is 4.63. The summed E-state index contributed by atoms with van der Waals surface area (Å²) >= 11 is 0. The second-order valence-corrected chi connectivity index (χ2v) is 7.20. The molecule has 2 fully saturated rings. The van der Waals surface area contributed by atoms with E-state index in [1.165, 1.54) is 45.2 Å². The molecule has 2 rings (SSSR count). The van der Waals surface area contributed by atoms with E-state index in [9.17, 15) is 0 Å². The molecule has 1 saturated carbocycles. The number of rotatable bonds is 3. The summed E-state index contributed by atoms with van der Waals surface area (Å²) in [5.41, 5.74) is 0.562. The van der Waals surface area contributed by atoms with E-state index in [1.54, 1.807) is 0 Å². The topological polar surface area (TPSA) is 15.3 Å². The standard InChI is InChI=1S/C15H30N2/c1-12(2)17-9-7-14(11-17)16-13-6-5-8-15(3,4)10-13/h12-14,16H,5-11H2,1-4H3. The molecule has 0 radical (unpaired) electrons. The van der Waals surface area contributed by atoms with Crippen LogP contribution in [0.1, 0.15) is 59.8 Å². The molecule has 1 aliphatic heterocycles. The van der Waals surface area contributed by atoms with Crippen molar-refractivity contribution in [1.82, 2.24) is 10.2 Å². The zero-order chi connectivity index (χ0) is 12.5. The Kier molecular flexibility index (Phi) is 4.14. The molecule has 0 amide bonds. The fourth-order valence-corrected chi connectivity index (χ4v) is 3.57. The molecule has 2 heteroatoms. The summed E-state index contributed by atoms with van der Waals surface area (Å²) < 4.78 is 0. The Morgan fingerprint density at radius 1 is 1.18 bits per heavy atom. The molecule has 1 saturated heterocycles. The number of nitrogens with zero attached hydrogens (tertiary/aromatic N) is 1. The summed E-state index contributed by atoms with van der Waals surface area (Å²) in [6.07, 6.45) is 6.92. The van der Waals surface area contributed by atoms with Gasteiger partial charge in [-0.1, -0.05) is 20.3 Å².